The molecule has 3 amide bonds. The number of hydrogen-bond acceptors (Lipinski definition) is 3. The highest BCUT2D eigenvalue weighted by atomic mass is 16.2. The van der Waals surface area contributed by atoms with Crippen molar-refractivity contribution in [2.45, 2.75) is 12.8 Å². The number of nitrogens with one attached hydrogen (secondary N) is 3. The Labute approximate surface area is 149 Å². The SMILES string of the molecule is O=C1C[C@@H](Cc2ccc(NC(=O)c3ccc4cc[nH]c4c3)cc2)C(=O)N1. The maximum absolute atomic E-state index is 12.4. The van der Waals surface area contributed by atoms with Gasteiger partial charge in [-0.15, -0.1) is 0 Å². The Hall–Kier alpha value is -3.41. The van der Waals surface area contributed by atoms with Gasteiger partial charge in [0.25, 0.3) is 5.91 Å². The fourth-order valence-corrected chi connectivity index (χ4v) is 3.17. The van der Waals surface area contributed by atoms with Crippen molar-refractivity contribution in [2.75, 3.05) is 5.32 Å². The zero-order valence-electron chi connectivity index (χ0n) is 13.9. The average Bonchev–Trinajstić information content (AvgIpc) is 3.22. The Morgan fingerprint density at radius 1 is 1.08 bits per heavy atom. The minimum atomic E-state index is -0.310. The second-order valence-corrected chi connectivity index (χ2v) is 6.45. The van der Waals surface area contributed by atoms with E-state index >= 15 is 0 Å². The largest absolute Gasteiger partial charge is 0.361 e. The molecule has 4 rings (SSSR count). The van der Waals surface area contributed by atoms with Gasteiger partial charge in [-0.25, -0.2) is 0 Å². The van der Waals surface area contributed by atoms with Gasteiger partial charge in [-0.3, -0.25) is 19.7 Å². The maximum Gasteiger partial charge on any atom is 0.255 e. The highest BCUT2D eigenvalue weighted by molar-refractivity contribution is 6.06. The van der Waals surface area contributed by atoms with Crippen LogP contribution in [0.2, 0.25) is 0 Å². The molecule has 1 saturated heterocycles. The predicted octanol–water partition coefficient (Wildman–Crippen LogP) is 2.63. The van der Waals surface area contributed by atoms with Crippen molar-refractivity contribution in [3.63, 3.8) is 0 Å². The zero-order chi connectivity index (χ0) is 18.1. The summed E-state index contributed by atoms with van der Waals surface area (Å²) >= 11 is 0. The van der Waals surface area contributed by atoms with Crippen molar-refractivity contribution < 1.29 is 14.4 Å². The molecule has 0 radical (unpaired) electrons. The van der Waals surface area contributed by atoms with E-state index in [0.717, 1.165) is 16.5 Å². The van der Waals surface area contributed by atoms with Gasteiger partial charge in [0, 0.05) is 29.4 Å². The van der Waals surface area contributed by atoms with Crippen LogP contribution in [0.3, 0.4) is 0 Å². The number of aromatic nitrogens is 1. The molecule has 3 N–H and O–H groups in total. The summed E-state index contributed by atoms with van der Waals surface area (Å²) in [6.07, 6.45) is 2.58. The first kappa shape index (κ1) is 16.1. The van der Waals surface area contributed by atoms with E-state index in [1.54, 1.807) is 18.2 Å². The number of rotatable bonds is 4. The van der Waals surface area contributed by atoms with Gasteiger partial charge in [0.2, 0.25) is 11.8 Å². The third-order valence-corrected chi connectivity index (χ3v) is 4.58. The van der Waals surface area contributed by atoms with Crippen LogP contribution in [0.1, 0.15) is 22.3 Å². The summed E-state index contributed by atoms with van der Waals surface area (Å²) in [4.78, 5) is 38.4. The van der Waals surface area contributed by atoms with Gasteiger partial charge in [0.05, 0.1) is 5.92 Å². The monoisotopic (exact) mass is 347 g/mol. The molecule has 1 fully saturated rings. The molecule has 2 heterocycles. The summed E-state index contributed by atoms with van der Waals surface area (Å²) in [7, 11) is 0. The number of aromatic amines is 1. The lowest BCUT2D eigenvalue weighted by atomic mass is 9.98. The molecule has 130 valence electrons. The second kappa shape index (κ2) is 6.48. The van der Waals surface area contributed by atoms with Crippen molar-refractivity contribution >= 4 is 34.3 Å². The second-order valence-electron chi connectivity index (χ2n) is 6.45. The lowest BCUT2D eigenvalue weighted by Crippen LogP contribution is -2.22. The Kier molecular flexibility index (Phi) is 4.01. The summed E-state index contributed by atoms with van der Waals surface area (Å²) in [5.74, 6) is -0.930. The van der Waals surface area contributed by atoms with Crippen LogP contribution in [0.4, 0.5) is 5.69 Å². The summed E-state index contributed by atoms with van der Waals surface area (Å²) in [6, 6.07) is 14.8. The van der Waals surface area contributed by atoms with Crippen LogP contribution >= 0.6 is 0 Å². The first-order chi connectivity index (χ1) is 12.6. The number of carbonyl (C=O) groups is 3. The number of benzene rings is 2. The van der Waals surface area contributed by atoms with Gasteiger partial charge in [-0.05, 0) is 47.7 Å². The predicted molar refractivity (Wildman–Crippen MR) is 97.7 cm³/mol. The molecule has 0 aliphatic carbocycles. The molecule has 26 heavy (non-hydrogen) atoms. The van der Waals surface area contributed by atoms with Crippen molar-refractivity contribution in [2.24, 2.45) is 5.92 Å². The highest BCUT2D eigenvalue weighted by Gasteiger charge is 2.30. The van der Waals surface area contributed by atoms with Gasteiger partial charge in [0.15, 0.2) is 0 Å². The van der Waals surface area contributed by atoms with Gasteiger partial charge >= 0.3 is 0 Å². The van der Waals surface area contributed by atoms with Crippen molar-refractivity contribution in [1.82, 2.24) is 10.3 Å². The molecule has 6 heteroatoms. The maximum atomic E-state index is 12.4. The number of imide groups is 1. The smallest absolute Gasteiger partial charge is 0.255 e. The van der Waals surface area contributed by atoms with Crippen LogP contribution in [-0.2, 0) is 16.0 Å². The fraction of sp³-hybridized carbons (Fsp3) is 0.150. The number of H-pyrrole nitrogens is 1. The van der Waals surface area contributed by atoms with Crippen molar-refractivity contribution in [1.29, 1.82) is 0 Å². The molecule has 0 bridgehead atoms. The Bertz CT molecular complexity index is 1000. The van der Waals surface area contributed by atoms with E-state index in [-0.39, 0.29) is 30.1 Å². The Morgan fingerprint density at radius 3 is 2.62 bits per heavy atom. The van der Waals surface area contributed by atoms with Crippen LogP contribution in [0.15, 0.2) is 54.7 Å². The first-order valence-electron chi connectivity index (χ1n) is 8.39. The molecule has 1 aliphatic rings. The van der Waals surface area contributed by atoms with Gasteiger partial charge in [0.1, 0.15) is 0 Å². The van der Waals surface area contributed by atoms with Gasteiger partial charge in [-0.1, -0.05) is 18.2 Å². The number of carbonyl (C=O) groups excluding carboxylic acids is 3. The number of fused-ring (bicyclic) bond motifs is 1. The molecule has 6 nitrogen and oxygen atoms in total. The van der Waals surface area contributed by atoms with Crippen LogP contribution < -0.4 is 10.6 Å². The van der Waals surface area contributed by atoms with Crippen LogP contribution in [0.25, 0.3) is 10.9 Å². The third kappa shape index (κ3) is 3.21. The van der Waals surface area contributed by atoms with E-state index in [2.05, 4.69) is 15.6 Å². The number of anilines is 1. The molecular weight excluding hydrogens is 330 g/mol. The standard InChI is InChI=1S/C20H17N3O3/c24-18-11-15(20(26)23-18)9-12-1-5-16(6-2-12)22-19(25)14-4-3-13-7-8-21-17(13)10-14/h1-8,10,15,21H,9,11H2,(H,22,25)(H,23,24,26)/t15-/m1/s1. The molecule has 1 aromatic heterocycles. The van der Waals surface area contributed by atoms with Gasteiger partial charge < -0.3 is 10.3 Å². The summed E-state index contributed by atoms with van der Waals surface area (Å²) < 4.78 is 0. The van der Waals surface area contributed by atoms with Crippen molar-refractivity contribution in [3.05, 3.63) is 65.9 Å². The lowest BCUT2D eigenvalue weighted by molar-refractivity contribution is -0.125. The molecular formula is C20H17N3O3. The third-order valence-electron chi connectivity index (χ3n) is 4.58. The zero-order valence-corrected chi connectivity index (χ0v) is 13.9. The summed E-state index contributed by atoms with van der Waals surface area (Å²) in [5.41, 5.74) is 3.12. The molecule has 0 spiro atoms. The summed E-state index contributed by atoms with van der Waals surface area (Å²) in [5, 5.41) is 6.24. The quantitative estimate of drug-likeness (QED) is 0.634. The molecule has 1 atom stereocenters. The minimum Gasteiger partial charge on any atom is -0.361 e. The average molecular weight is 347 g/mol. The normalized spacial score (nSPS) is 16.7. The highest BCUT2D eigenvalue weighted by Crippen LogP contribution is 2.20. The molecule has 1 aliphatic heterocycles. The molecule has 0 unspecified atom stereocenters. The lowest BCUT2D eigenvalue weighted by Gasteiger charge is -2.09. The van der Waals surface area contributed by atoms with Crippen LogP contribution in [0, 0.1) is 5.92 Å². The number of hydrogen-bond donors (Lipinski definition) is 3. The van der Waals surface area contributed by atoms with E-state index in [1.165, 1.54) is 0 Å². The van der Waals surface area contributed by atoms with Crippen LogP contribution in [-0.4, -0.2) is 22.7 Å². The molecule has 2 aromatic carbocycles. The Morgan fingerprint density at radius 2 is 1.88 bits per heavy atom. The molecule has 0 saturated carbocycles. The van der Waals surface area contributed by atoms with E-state index in [0.29, 0.717) is 17.7 Å². The molecule has 3 aromatic rings. The van der Waals surface area contributed by atoms with E-state index < -0.39 is 0 Å². The minimum absolute atomic E-state index is 0.185. The number of amides is 3. The fourth-order valence-electron chi connectivity index (χ4n) is 3.17. The van der Waals surface area contributed by atoms with Crippen LogP contribution in [0.5, 0.6) is 0 Å². The Balaban J connectivity index is 1.42. The van der Waals surface area contributed by atoms with E-state index in [9.17, 15) is 14.4 Å². The van der Waals surface area contributed by atoms with E-state index in [1.807, 2.05) is 36.5 Å². The summed E-state index contributed by atoms with van der Waals surface area (Å²) in [6.45, 7) is 0. The topological polar surface area (TPSA) is 91.1 Å². The van der Waals surface area contributed by atoms with Crippen molar-refractivity contribution in [3.8, 4) is 0 Å². The first-order valence-corrected chi connectivity index (χ1v) is 8.39. The van der Waals surface area contributed by atoms with Gasteiger partial charge in [-0.2, -0.15) is 0 Å². The van der Waals surface area contributed by atoms with E-state index in [4.69, 9.17) is 0 Å².